The lowest BCUT2D eigenvalue weighted by Crippen LogP contribution is -2.22. The van der Waals surface area contributed by atoms with Crippen molar-refractivity contribution in [1.29, 1.82) is 0 Å². The van der Waals surface area contributed by atoms with E-state index in [-0.39, 0.29) is 11.3 Å². The zero-order valence-corrected chi connectivity index (χ0v) is 10.9. The van der Waals surface area contributed by atoms with Crippen LogP contribution in [0, 0.1) is 0 Å². The van der Waals surface area contributed by atoms with Crippen LogP contribution in [-0.4, -0.2) is 18.4 Å². The Morgan fingerprint density at radius 1 is 1.00 bits per heavy atom. The minimum Gasteiger partial charge on any atom is -0.331 e. The monoisotopic (exact) mass is 240 g/mol. The van der Waals surface area contributed by atoms with E-state index >= 15 is 0 Å². The average Bonchev–Trinajstić information content (AvgIpc) is 2.40. The Morgan fingerprint density at radius 2 is 1.50 bits per heavy atom. The van der Waals surface area contributed by atoms with Crippen LogP contribution in [0.3, 0.4) is 0 Å². The minimum atomic E-state index is -2.45. The Bertz CT molecular complexity index is 305. The molecule has 2 aliphatic carbocycles. The normalized spacial score (nSPS) is 33.6. The lowest BCUT2D eigenvalue weighted by molar-refractivity contribution is 0.363. The quantitative estimate of drug-likeness (QED) is 0.547. The topological polar surface area (TPSA) is 26.3 Å². The van der Waals surface area contributed by atoms with Gasteiger partial charge in [-0.1, -0.05) is 24.3 Å². The van der Waals surface area contributed by atoms with E-state index in [1.165, 1.54) is 0 Å². The number of hydrogen-bond donors (Lipinski definition) is 0. The summed E-state index contributed by atoms with van der Waals surface area (Å²) in [4.78, 5) is 0. The summed E-state index contributed by atoms with van der Waals surface area (Å²) in [5.74, 6) is 0. The summed E-state index contributed by atoms with van der Waals surface area (Å²) in [5.41, 5.74) is 0.526. The van der Waals surface area contributed by atoms with Crippen molar-refractivity contribution in [3.05, 3.63) is 24.3 Å². The van der Waals surface area contributed by atoms with Crippen LogP contribution in [0.2, 0.25) is 0 Å². The molecule has 2 aliphatic rings. The Hall–Kier alpha value is -0.330. The molecule has 2 atom stereocenters. The fourth-order valence-electron chi connectivity index (χ4n) is 2.81. The van der Waals surface area contributed by atoms with Gasteiger partial charge in [0.05, 0.1) is 0 Å². The molecule has 0 fully saturated rings. The molecule has 0 N–H and O–H groups in total. The van der Waals surface area contributed by atoms with Gasteiger partial charge in [0.1, 0.15) is 0 Å². The first kappa shape index (κ1) is 12.1. The van der Waals surface area contributed by atoms with Gasteiger partial charge in [-0.2, -0.15) is 0 Å². The summed E-state index contributed by atoms with van der Waals surface area (Å²) in [6.45, 7) is 0. The van der Waals surface area contributed by atoms with Crippen molar-refractivity contribution in [3.63, 3.8) is 0 Å². The van der Waals surface area contributed by atoms with Gasteiger partial charge >= 0.3 is 0 Å². The number of allylic oxidation sites excluding steroid dienone is 4. The molecule has 0 saturated heterocycles. The molecule has 0 bridgehead atoms. The van der Waals surface area contributed by atoms with E-state index < -0.39 is 7.37 Å². The standard InChI is InChI=1S/C13H21O2P/c1-15-16(14,12-8-4-2-5-9-12)13-10-6-3-7-11-13/h2-4,6,12-13H,5,7-11H2,1H3. The van der Waals surface area contributed by atoms with Crippen LogP contribution in [0.1, 0.15) is 38.5 Å². The molecule has 0 aromatic carbocycles. The van der Waals surface area contributed by atoms with Gasteiger partial charge in [0.25, 0.3) is 0 Å². The van der Waals surface area contributed by atoms with Crippen molar-refractivity contribution in [3.8, 4) is 0 Å². The van der Waals surface area contributed by atoms with Crippen molar-refractivity contribution in [2.75, 3.05) is 7.11 Å². The second kappa shape index (κ2) is 5.33. The smallest absolute Gasteiger partial charge is 0.209 e. The first-order chi connectivity index (χ1) is 7.77. The lowest BCUT2D eigenvalue weighted by atomic mass is 10.1. The summed E-state index contributed by atoms with van der Waals surface area (Å²) >= 11 is 0. The van der Waals surface area contributed by atoms with Crippen LogP contribution >= 0.6 is 7.37 Å². The molecule has 16 heavy (non-hydrogen) atoms. The van der Waals surface area contributed by atoms with Gasteiger partial charge in [0.15, 0.2) is 0 Å². The first-order valence-electron chi connectivity index (χ1n) is 6.22. The predicted octanol–water partition coefficient (Wildman–Crippen LogP) is 4.13. The van der Waals surface area contributed by atoms with E-state index in [0.29, 0.717) is 0 Å². The highest BCUT2D eigenvalue weighted by molar-refractivity contribution is 7.60. The molecule has 0 spiro atoms. The van der Waals surface area contributed by atoms with E-state index in [2.05, 4.69) is 24.3 Å². The molecule has 0 amide bonds. The molecular formula is C13H21O2P. The maximum Gasteiger partial charge on any atom is 0.209 e. The van der Waals surface area contributed by atoms with Gasteiger partial charge < -0.3 is 4.52 Å². The van der Waals surface area contributed by atoms with Gasteiger partial charge in [-0.25, -0.2) is 0 Å². The molecule has 2 rings (SSSR count). The van der Waals surface area contributed by atoms with E-state index in [0.717, 1.165) is 38.5 Å². The number of rotatable bonds is 3. The van der Waals surface area contributed by atoms with E-state index in [1.54, 1.807) is 7.11 Å². The second-order valence-corrected chi connectivity index (χ2v) is 7.82. The molecule has 0 heterocycles. The average molecular weight is 240 g/mol. The molecule has 0 aliphatic heterocycles. The third-order valence-electron chi connectivity index (χ3n) is 3.79. The van der Waals surface area contributed by atoms with Crippen molar-refractivity contribution in [2.45, 2.75) is 49.8 Å². The maximum absolute atomic E-state index is 13.0. The summed E-state index contributed by atoms with van der Waals surface area (Å²) in [7, 11) is -0.817. The fourth-order valence-corrected chi connectivity index (χ4v) is 5.85. The van der Waals surface area contributed by atoms with Crippen molar-refractivity contribution >= 4 is 7.37 Å². The molecule has 3 heteroatoms. The Morgan fingerprint density at radius 3 is 1.81 bits per heavy atom. The van der Waals surface area contributed by atoms with Gasteiger partial charge in [-0.15, -0.1) is 0 Å². The number of hydrogen-bond acceptors (Lipinski definition) is 2. The fraction of sp³-hybridized carbons (Fsp3) is 0.692. The van der Waals surface area contributed by atoms with Gasteiger partial charge in [0.2, 0.25) is 7.37 Å². The van der Waals surface area contributed by atoms with Crippen LogP contribution < -0.4 is 0 Å². The molecule has 0 saturated carbocycles. The van der Waals surface area contributed by atoms with Crippen LogP contribution in [0.15, 0.2) is 24.3 Å². The highest BCUT2D eigenvalue weighted by Gasteiger charge is 2.40. The summed E-state index contributed by atoms with van der Waals surface area (Å²) < 4.78 is 18.5. The van der Waals surface area contributed by atoms with Crippen molar-refractivity contribution in [2.24, 2.45) is 0 Å². The van der Waals surface area contributed by atoms with Crippen molar-refractivity contribution < 1.29 is 9.09 Å². The Balaban J connectivity index is 2.14. The van der Waals surface area contributed by atoms with Crippen LogP contribution in [0.25, 0.3) is 0 Å². The summed E-state index contributed by atoms with van der Waals surface area (Å²) in [6.07, 6.45) is 14.8. The van der Waals surface area contributed by atoms with E-state index in [4.69, 9.17) is 4.52 Å². The Labute approximate surface area is 98.2 Å². The third kappa shape index (κ3) is 2.33. The zero-order valence-electron chi connectivity index (χ0n) is 9.97. The lowest BCUT2D eigenvalue weighted by Gasteiger charge is -2.34. The predicted molar refractivity (Wildman–Crippen MR) is 68.2 cm³/mol. The highest BCUT2D eigenvalue weighted by atomic mass is 31.2. The molecule has 2 unspecified atom stereocenters. The molecule has 0 aromatic heterocycles. The second-order valence-electron chi connectivity index (χ2n) is 4.70. The zero-order chi connectivity index (χ0) is 11.4. The summed E-state index contributed by atoms with van der Waals surface area (Å²) in [6, 6.07) is 0. The molecule has 90 valence electrons. The third-order valence-corrected chi connectivity index (χ3v) is 7.33. The molecular weight excluding hydrogens is 219 g/mol. The minimum absolute atomic E-state index is 0.263. The van der Waals surface area contributed by atoms with Crippen molar-refractivity contribution in [1.82, 2.24) is 0 Å². The maximum atomic E-state index is 13.0. The van der Waals surface area contributed by atoms with Crippen LogP contribution in [0.4, 0.5) is 0 Å². The van der Waals surface area contributed by atoms with Crippen LogP contribution in [0.5, 0.6) is 0 Å². The largest absolute Gasteiger partial charge is 0.331 e. The SMILES string of the molecule is COP(=O)(C1CC=CCC1)C1CC=CCC1. The van der Waals surface area contributed by atoms with Gasteiger partial charge in [-0.3, -0.25) is 4.57 Å². The highest BCUT2D eigenvalue weighted by Crippen LogP contribution is 2.61. The van der Waals surface area contributed by atoms with Crippen LogP contribution in [-0.2, 0) is 9.09 Å². The first-order valence-corrected chi connectivity index (χ1v) is 7.99. The van der Waals surface area contributed by atoms with E-state index in [9.17, 15) is 4.57 Å². The van der Waals surface area contributed by atoms with E-state index in [1.807, 2.05) is 0 Å². The molecule has 0 aromatic rings. The summed E-state index contributed by atoms with van der Waals surface area (Å²) in [5, 5.41) is 0. The van der Waals surface area contributed by atoms with Gasteiger partial charge in [-0.05, 0) is 38.5 Å². The Kier molecular flexibility index (Phi) is 4.05. The van der Waals surface area contributed by atoms with Gasteiger partial charge in [0, 0.05) is 18.4 Å². The molecule has 0 radical (unpaired) electrons. The molecule has 2 nitrogen and oxygen atoms in total.